The standard InChI is InChI=1S/C21H25ClN6S/c1-13-10-19(27-21-25-14(2)15(3)29-21)26-20(24-13)18-6-4-5-9-28(18)12-17-8-7-16(22)11-23-17/h7-8,10-11,18H,4-6,9,12H2,1-3H3,(H,24,25,26,27). The lowest BCUT2D eigenvalue weighted by molar-refractivity contribution is 0.132. The first-order valence-electron chi connectivity index (χ1n) is 9.89. The molecule has 0 saturated carbocycles. The Hall–Kier alpha value is -2.09. The second-order valence-electron chi connectivity index (χ2n) is 7.49. The number of hydrogen-bond donors (Lipinski definition) is 1. The van der Waals surface area contributed by atoms with E-state index in [2.05, 4.69) is 27.1 Å². The zero-order chi connectivity index (χ0) is 20.4. The molecule has 0 aromatic carbocycles. The molecule has 3 aromatic rings. The van der Waals surface area contributed by atoms with Crippen molar-refractivity contribution in [2.75, 3.05) is 11.9 Å². The Balaban J connectivity index is 1.57. The van der Waals surface area contributed by atoms with E-state index < -0.39 is 0 Å². The lowest BCUT2D eigenvalue weighted by Gasteiger charge is -2.34. The number of aryl methyl sites for hydroxylation is 3. The molecule has 1 atom stereocenters. The number of nitrogens with one attached hydrogen (secondary N) is 1. The number of pyridine rings is 1. The first kappa shape index (κ1) is 20.2. The third-order valence-electron chi connectivity index (χ3n) is 5.20. The third-order valence-corrected chi connectivity index (χ3v) is 6.41. The van der Waals surface area contributed by atoms with Crippen LogP contribution in [0.1, 0.15) is 53.1 Å². The van der Waals surface area contributed by atoms with Gasteiger partial charge in [-0.2, -0.15) is 0 Å². The minimum atomic E-state index is 0.182. The Morgan fingerprint density at radius 2 is 2.03 bits per heavy atom. The van der Waals surface area contributed by atoms with Crippen LogP contribution in [-0.2, 0) is 6.54 Å². The van der Waals surface area contributed by atoms with Gasteiger partial charge in [-0.15, -0.1) is 11.3 Å². The normalized spacial score (nSPS) is 17.4. The van der Waals surface area contributed by atoms with Crippen LogP contribution in [0.25, 0.3) is 0 Å². The Kier molecular flexibility index (Phi) is 6.08. The van der Waals surface area contributed by atoms with E-state index in [9.17, 15) is 0 Å². The summed E-state index contributed by atoms with van der Waals surface area (Å²) < 4.78 is 0. The number of hydrogen-bond acceptors (Lipinski definition) is 7. The van der Waals surface area contributed by atoms with Crippen molar-refractivity contribution < 1.29 is 0 Å². The van der Waals surface area contributed by atoms with Gasteiger partial charge in [0.15, 0.2) is 5.13 Å². The zero-order valence-electron chi connectivity index (χ0n) is 16.9. The molecule has 1 N–H and O–H groups in total. The summed E-state index contributed by atoms with van der Waals surface area (Å²) in [6.45, 7) is 7.91. The highest BCUT2D eigenvalue weighted by atomic mass is 35.5. The van der Waals surface area contributed by atoms with E-state index in [0.29, 0.717) is 5.02 Å². The molecule has 1 aliphatic heterocycles. The van der Waals surface area contributed by atoms with Gasteiger partial charge in [0.2, 0.25) is 0 Å². The highest BCUT2D eigenvalue weighted by molar-refractivity contribution is 7.15. The van der Waals surface area contributed by atoms with E-state index in [4.69, 9.17) is 21.6 Å². The molecular formula is C21H25ClN6S. The zero-order valence-corrected chi connectivity index (χ0v) is 18.5. The highest BCUT2D eigenvalue weighted by Crippen LogP contribution is 2.32. The third kappa shape index (κ3) is 4.91. The molecule has 4 rings (SSSR count). The maximum atomic E-state index is 5.98. The molecule has 0 radical (unpaired) electrons. The molecule has 29 heavy (non-hydrogen) atoms. The van der Waals surface area contributed by atoms with Crippen LogP contribution in [0, 0.1) is 20.8 Å². The average molecular weight is 429 g/mol. The molecule has 8 heteroatoms. The van der Waals surface area contributed by atoms with Crippen molar-refractivity contribution in [1.82, 2.24) is 24.8 Å². The van der Waals surface area contributed by atoms with Crippen LogP contribution < -0.4 is 5.32 Å². The molecular weight excluding hydrogens is 404 g/mol. The Morgan fingerprint density at radius 1 is 1.17 bits per heavy atom. The van der Waals surface area contributed by atoms with Crippen LogP contribution in [0.5, 0.6) is 0 Å². The van der Waals surface area contributed by atoms with E-state index in [1.54, 1.807) is 17.5 Å². The van der Waals surface area contributed by atoms with Crippen molar-refractivity contribution in [1.29, 1.82) is 0 Å². The van der Waals surface area contributed by atoms with Crippen molar-refractivity contribution in [3.05, 3.63) is 57.2 Å². The average Bonchev–Trinajstić information content (AvgIpc) is 3.00. The summed E-state index contributed by atoms with van der Waals surface area (Å²) in [5, 5.41) is 4.90. The number of anilines is 2. The van der Waals surface area contributed by atoms with E-state index in [1.807, 2.05) is 32.0 Å². The number of aromatic nitrogens is 4. The Morgan fingerprint density at radius 3 is 2.76 bits per heavy atom. The molecule has 1 unspecified atom stereocenters. The smallest absolute Gasteiger partial charge is 0.188 e. The van der Waals surface area contributed by atoms with Gasteiger partial charge in [-0.3, -0.25) is 9.88 Å². The number of halogens is 1. The Labute approximate surface area is 180 Å². The molecule has 0 bridgehead atoms. The maximum absolute atomic E-state index is 5.98. The van der Waals surface area contributed by atoms with Crippen LogP contribution >= 0.6 is 22.9 Å². The van der Waals surface area contributed by atoms with Crippen molar-refractivity contribution >= 4 is 33.9 Å². The summed E-state index contributed by atoms with van der Waals surface area (Å²) in [5.74, 6) is 1.67. The first-order valence-corrected chi connectivity index (χ1v) is 11.1. The van der Waals surface area contributed by atoms with Gasteiger partial charge in [0.05, 0.1) is 22.5 Å². The molecule has 1 fully saturated rings. The largest absolute Gasteiger partial charge is 0.316 e. The fourth-order valence-electron chi connectivity index (χ4n) is 3.62. The maximum Gasteiger partial charge on any atom is 0.188 e. The molecule has 1 saturated heterocycles. The number of nitrogens with zero attached hydrogens (tertiary/aromatic N) is 5. The van der Waals surface area contributed by atoms with Gasteiger partial charge in [-0.1, -0.05) is 18.0 Å². The predicted octanol–water partition coefficient (Wildman–Crippen LogP) is 5.38. The van der Waals surface area contributed by atoms with Crippen LogP contribution in [0.4, 0.5) is 10.9 Å². The molecule has 3 aromatic heterocycles. The molecule has 6 nitrogen and oxygen atoms in total. The van der Waals surface area contributed by atoms with Crippen LogP contribution in [-0.4, -0.2) is 31.4 Å². The second kappa shape index (κ2) is 8.73. The van der Waals surface area contributed by atoms with Crippen molar-refractivity contribution in [3.8, 4) is 0 Å². The fraction of sp³-hybridized carbons (Fsp3) is 0.429. The minimum absolute atomic E-state index is 0.182. The van der Waals surface area contributed by atoms with Gasteiger partial charge >= 0.3 is 0 Å². The summed E-state index contributed by atoms with van der Waals surface area (Å²) >= 11 is 7.63. The SMILES string of the molecule is Cc1cc(Nc2nc(C)c(C)s2)nc(C2CCCCN2Cc2ccc(Cl)cn2)n1. The number of piperidine rings is 1. The van der Waals surface area contributed by atoms with Gasteiger partial charge < -0.3 is 5.32 Å². The lowest BCUT2D eigenvalue weighted by atomic mass is 10.0. The monoisotopic (exact) mass is 428 g/mol. The van der Waals surface area contributed by atoms with Gasteiger partial charge in [-0.25, -0.2) is 15.0 Å². The summed E-state index contributed by atoms with van der Waals surface area (Å²) in [5.41, 5.74) is 3.02. The van der Waals surface area contributed by atoms with Crippen molar-refractivity contribution in [3.63, 3.8) is 0 Å². The Bertz CT molecular complexity index is 968. The van der Waals surface area contributed by atoms with E-state index in [-0.39, 0.29) is 6.04 Å². The lowest BCUT2D eigenvalue weighted by Crippen LogP contribution is -2.34. The van der Waals surface area contributed by atoms with E-state index in [0.717, 1.165) is 53.4 Å². The fourth-order valence-corrected chi connectivity index (χ4v) is 4.55. The molecule has 0 aliphatic carbocycles. The van der Waals surface area contributed by atoms with Crippen molar-refractivity contribution in [2.45, 2.75) is 52.6 Å². The number of thiazole rings is 1. The van der Waals surface area contributed by atoms with Gasteiger partial charge in [0.25, 0.3) is 0 Å². The second-order valence-corrected chi connectivity index (χ2v) is 9.13. The summed E-state index contributed by atoms with van der Waals surface area (Å²) in [4.78, 5) is 22.3. The first-order chi connectivity index (χ1) is 14.0. The number of likely N-dealkylation sites (tertiary alicyclic amines) is 1. The summed E-state index contributed by atoms with van der Waals surface area (Å²) in [7, 11) is 0. The molecule has 0 amide bonds. The quantitative estimate of drug-likeness (QED) is 0.588. The van der Waals surface area contributed by atoms with Gasteiger partial charge in [0, 0.05) is 29.4 Å². The predicted molar refractivity (Wildman–Crippen MR) is 118 cm³/mol. The van der Waals surface area contributed by atoms with Crippen LogP contribution in [0.3, 0.4) is 0 Å². The van der Waals surface area contributed by atoms with Gasteiger partial charge in [0.1, 0.15) is 11.6 Å². The minimum Gasteiger partial charge on any atom is -0.316 e. The molecule has 152 valence electrons. The van der Waals surface area contributed by atoms with Crippen LogP contribution in [0.2, 0.25) is 5.02 Å². The van der Waals surface area contributed by atoms with E-state index >= 15 is 0 Å². The van der Waals surface area contributed by atoms with Gasteiger partial charge in [-0.05, 0) is 52.3 Å². The molecule has 4 heterocycles. The van der Waals surface area contributed by atoms with Crippen LogP contribution in [0.15, 0.2) is 24.4 Å². The highest BCUT2D eigenvalue weighted by Gasteiger charge is 2.27. The molecule has 0 spiro atoms. The topological polar surface area (TPSA) is 66.8 Å². The summed E-state index contributed by atoms with van der Waals surface area (Å²) in [6.07, 6.45) is 5.11. The number of rotatable bonds is 5. The molecule has 1 aliphatic rings. The summed E-state index contributed by atoms with van der Waals surface area (Å²) in [6, 6.07) is 6.04. The van der Waals surface area contributed by atoms with Crippen molar-refractivity contribution in [2.24, 2.45) is 0 Å². The van der Waals surface area contributed by atoms with E-state index in [1.165, 1.54) is 17.7 Å².